The summed E-state index contributed by atoms with van der Waals surface area (Å²) in [5.41, 5.74) is 7.35. The van der Waals surface area contributed by atoms with E-state index in [1.807, 2.05) is 31.2 Å². The highest BCUT2D eigenvalue weighted by molar-refractivity contribution is 6.30. The number of ether oxygens (including phenoxy) is 1. The molecule has 0 bridgehead atoms. The second-order valence-electron chi connectivity index (χ2n) is 6.79. The van der Waals surface area contributed by atoms with E-state index in [-0.39, 0.29) is 12.5 Å². The number of nitrogens with two attached hydrogens (primary N) is 1. The molecule has 28 heavy (non-hydrogen) atoms. The van der Waals surface area contributed by atoms with Gasteiger partial charge in [0.05, 0.1) is 6.04 Å². The van der Waals surface area contributed by atoms with Crippen molar-refractivity contribution in [3.05, 3.63) is 69.7 Å². The first-order valence-electron chi connectivity index (χ1n) is 9.15. The molecular formula is C21H22Cl2N2O3. The molecule has 2 N–H and O–H groups in total. The second kappa shape index (κ2) is 8.95. The van der Waals surface area contributed by atoms with Crippen molar-refractivity contribution in [2.24, 2.45) is 5.73 Å². The molecule has 1 heterocycles. The van der Waals surface area contributed by atoms with Crippen LogP contribution >= 0.6 is 23.2 Å². The molecule has 3 rings (SSSR count). The topological polar surface area (TPSA) is 72.6 Å². The van der Waals surface area contributed by atoms with Gasteiger partial charge in [0.1, 0.15) is 18.8 Å². The molecule has 7 heteroatoms. The van der Waals surface area contributed by atoms with Gasteiger partial charge in [0.15, 0.2) is 0 Å². The number of rotatable bonds is 6. The summed E-state index contributed by atoms with van der Waals surface area (Å²) in [5.74, 6) is -0.784. The highest BCUT2D eigenvalue weighted by Crippen LogP contribution is 2.42. The van der Waals surface area contributed by atoms with Gasteiger partial charge in [0.2, 0.25) is 11.8 Å². The summed E-state index contributed by atoms with van der Waals surface area (Å²) in [4.78, 5) is 26.6. The summed E-state index contributed by atoms with van der Waals surface area (Å²) >= 11 is 12.1. The summed E-state index contributed by atoms with van der Waals surface area (Å²) in [6, 6.07) is 13.3. The van der Waals surface area contributed by atoms with E-state index >= 15 is 0 Å². The van der Waals surface area contributed by atoms with E-state index in [9.17, 15) is 9.59 Å². The largest absolute Gasteiger partial charge is 0.368 e. The number of amides is 2. The molecule has 1 aliphatic heterocycles. The van der Waals surface area contributed by atoms with Crippen molar-refractivity contribution in [1.82, 2.24) is 4.90 Å². The smallest absolute Gasteiger partial charge is 0.249 e. The van der Waals surface area contributed by atoms with Crippen LogP contribution in [0.15, 0.2) is 48.5 Å². The average molecular weight is 421 g/mol. The van der Waals surface area contributed by atoms with Crippen molar-refractivity contribution in [3.8, 4) is 0 Å². The molecule has 0 saturated carbocycles. The van der Waals surface area contributed by atoms with Gasteiger partial charge in [-0.25, -0.2) is 0 Å². The van der Waals surface area contributed by atoms with Gasteiger partial charge >= 0.3 is 0 Å². The van der Waals surface area contributed by atoms with Crippen LogP contribution in [0.5, 0.6) is 0 Å². The van der Waals surface area contributed by atoms with Gasteiger partial charge in [-0.05, 0) is 41.8 Å². The maximum Gasteiger partial charge on any atom is 0.249 e. The molecule has 0 radical (unpaired) electrons. The molecule has 1 aliphatic rings. The van der Waals surface area contributed by atoms with E-state index in [2.05, 4.69) is 0 Å². The fraction of sp³-hybridized carbons (Fsp3) is 0.333. The maximum atomic E-state index is 12.8. The first-order valence-corrected chi connectivity index (χ1v) is 9.91. The summed E-state index contributed by atoms with van der Waals surface area (Å²) in [6.45, 7) is 1.83. The lowest BCUT2D eigenvalue weighted by Crippen LogP contribution is -2.55. The van der Waals surface area contributed by atoms with Crippen LogP contribution < -0.4 is 5.73 Å². The Bertz CT molecular complexity index is 840. The number of hydrogen-bond donors (Lipinski definition) is 1. The first-order chi connectivity index (χ1) is 13.4. The number of hydrogen-bond acceptors (Lipinski definition) is 3. The molecule has 2 amide bonds. The summed E-state index contributed by atoms with van der Waals surface area (Å²) in [5, 5.41) is 1.19. The first kappa shape index (κ1) is 20.6. The van der Waals surface area contributed by atoms with E-state index in [4.69, 9.17) is 33.7 Å². The van der Waals surface area contributed by atoms with E-state index in [1.54, 1.807) is 29.2 Å². The second-order valence-corrected chi connectivity index (χ2v) is 7.66. The van der Waals surface area contributed by atoms with Crippen LogP contribution in [0.25, 0.3) is 0 Å². The van der Waals surface area contributed by atoms with Crippen molar-refractivity contribution in [3.63, 3.8) is 0 Å². The number of carbonyl (C=O) groups is 2. The number of nitrogens with zero attached hydrogens (tertiary/aromatic N) is 1. The third-order valence-electron chi connectivity index (χ3n) is 4.90. The molecule has 5 nitrogen and oxygen atoms in total. The van der Waals surface area contributed by atoms with E-state index < -0.39 is 24.1 Å². The van der Waals surface area contributed by atoms with Gasteiger partial charge in [-0.15, -0.1) is 0 Å². The lowest BCUT2D eigenvalue weighted by Gasteiger charge is -2.44. The van der Waals surface area contributed by atoms with Crippen LogP contribution in [0.4, 0.5) is 0 Å². The highest BCUT2D eigenvalue weighted by Gasteiger charge is 2.43. The van der Waals surface area contributed by atoms with Crippen molar-refractivity contribution in [2.75, 3.05) is 6.61 Å². The summed E-state index contributed by atoms with van der Waals surface area (Å²) < 4.78 is 5.93. The zero-order valence-electron chi connectivity index (χ0n) is 15.5. The number of carbonyl (C=O) groups excluding carboxylic acids is 2. The van der Waals surface area contributed by atoms with E-state index in [0.29, 0.717) is 16.5 Å². The molecule has 2 aromatic carbocycles. The van der Waals surface area contributed by atoms with Gasteiger partial charge in [-0.1, -0.05) is 60.8 Å². The Morgan fingerprint density at radius 1 is 1.11 bits per heavy atom. The fourth-order valence-corrected chi connectivity index (χ4v) is 3.87. The Morgan fingerprint density at radius 3 is 2.14 bits per heavy atom. The SMILES string of the molecule is CCC[C@@H](C(N)=O)N1C(=O)CO[C@@H](c2ccc(Cl)cc2)[C@H]1c1ccc(Cl)cc1. The minimum absolute atomic E-state index is 0.120. The number of primary amides is 1. The Hall–Kier alpha value is -2.08. The highest BCUT2D eigenvalue weighted by atomic mass is 35.5. The van der Waals surface area contributed by atoms with Gasteiger partial charge in [-0.2, -0.15) is 0 Å². The van der Waals surface area contributed by atoms with Gasteiger partial charge in [0, 0.05) is 10.0 Å². The average Bonchev–Trinajstić information content (AvgIpc) is 2.67. The molecule has 0 spiro atoms. The lowest BCUT2D eigenvalue weighted by atomic mass is 9.90. The Kier molecular flexibility index (Phi) is 6.60. The van der Waals surface area contributed by atoms with Crippen LogP contribution in [0.1, 0.15) is 43.0 Å². The van der Waals surface area contributed by atoms with E-state index in [0.717, 1.165) is 17.5 Å². The van der Waals surface area contributed by atoms with Crippen LogP contribution in [-0.2, 0) is 14.3 Å². The van der Waals surface area contributed by atoms with Crippen LogP contribution in [0.2, 0.25) is 10.0 Å². The zero-order chi connectivity index (χ0) is 20.3. The third kappa shape index (κ3) is 4.32. The maximum absolute atomic E-state index is 12.8. The fourth-order valence-electron chi connectivity index (χ4n) is 3.61. The number of benzene rings is 2. The molecule has 1 saturated heterocycles. The van der Waals surface area contributed by atoms with Gasteiger partial charge in [0.25, 0.3) is 0 Å². The Labute approximate surface area is 174 Å². The van der Waals surface area contributed by atoms with Crippen LogP contribution in [0, 0.1) is 0 Å². The minimum Gasteiger partial charge on any atom is -0.368 e. The predicted molar refractivity (Wildman–Crippen MR) is 109 cm³/mol. The standard InChI is InChI=1S/C21H22Cl2N2O3/c1-2-3-17(21(24)27)25-18(26)12-28-20(14-6-10-16(23)11-7-14)19(25)13-4-8-15(22)9-5-13/h4-11,17,19-20H,2-3,12H2,1H3,(H2,24,27)/t17-,19+,20-/m0/s1. The molecule has 2 aromatic rings. The van der Waals surface area contributed by atoms with Crippen molar-refractivity contribution >= 4 is 35.0 Å². The van der Waals surface area contributed by atoms with Crippen LogP contribution in [-0.4, -0.2) is 29.4 Å². The normalized spacial score (nSPS) is 20.8. The van der Waals surface area contributed by atoms with Gasteiger partial charge in [-0.3, -0.25) is 9.59 Å². The van der Waals surface area contributed by atoms with Gasteiger partial charge < -0.3 is 15.4 Å². The predicted octanol–water partition coefficient (Wildman–Crippen LogP) is 4.29. The van der Waals surface area contributed by atoms with Crippen molar-refractivity contribution < 1.29 is 14.3 Å². The zero-order valence-corrected chi connectivity index (χ0v) is 17.0. The Morgan fingerprint density at radius 2 is 1.64 bits per heavy atom. The number of morpholine rings is 1. The Balaban J connectivity index is 2.11. The van der Waals surface area contributed by atoms with E-state index in [1.165, 1.54) is 0 Å². The molecule has 0 aromatic heterocycles. The molecule has 0 aliphatic carbocycles. The summed E-state index contributed by atoms with van der Waals surface area (Å²) in [7, 11) is 0. The molecule has 3 atom stereocenters. The monoisotopic (exact) mass is 420 g/mol. The molecule has 148 valence electrons. The molecular weight excluding hydrogens is 399 g/mol. The quantitative estimate of drug-likeness (QED) is 0.757. The van der Waals surface area contributed by atoms with Crippen LogP contribution in [0.3, 0.4) is 0 Å². The third-order valence-corrected chi connectivity index (χ3v) is 5.40. The molecule has 0 unspecified atom stereocenters. The minimum atomic E-state index is -0.711. The van der Waals surface area contributed by atoms with Crippen molar-refractivity contribution in [1.29, 1.82) is 0 Å². The lowest BCUT2D eigenvalue weighted by molar-refractivity contribution is -0.166. The van der Waals surface area contributed by atoms with Crippen molar-refractivity contribution in [2.45, 2.75) is 38.0 Å². The summed E-state index contributed by atoms with van der Waals surface area (Å²) in [6.07, 6.45) is 0.741. The number of halogens is 2. The molecule has 1 fully saturated rings.